The summed E-state index contributed by atoms with van der Waals surface area (Å²) in [5.74, 6) is 0.373. The predicted molar refractivity (Wildman–Crippen MR) is 77.0 cm³/mol. The standard InChI is InChI=1S/C13H11BrClFN2O/c14-9-6-11(13(17)18-7-9)19-5-4-8-2-1-3-10(16)12(8)15/h1-3,6-7H,4-5H2,(H2,17,18). The van der Waals surface area contributed by atoms with Crippen LogP contribution in [0.15, 0.2) is 34.9 Å². The van der Waals surface area contributed by atoms with Crippen LogP contribution in [-0.4, -0.2) is 11.6 Å². The summed E-state index contributed by atoms with van der Waals surface area (Å²) in [6.45, 7) is 0.339. The van der Waals surface area contributed by atoms with Crippen molar-refractivity contribution >= 4 is 33.3 Å². The lowest BCUT2D eigenvalue weighted by atomic mass is 10.1. The van der Waals surface area contributed by atoms with Gasteiger partial charge in [-0.1, -0.05) is 23.7 Å². The van der Waals surface area contributed by atoms with Crippen molar-refractivity contribution in [2.24, 2.45) is 0 Å². The second-order valence-electron chi connectivity index (χ2n) is 3.85. The van der Waals surface area contributed by atoms with Crippen molar-refractivity contribution in [1.29, 1.82) is 0 Å². The molecule has 0 amide bonds. The Hall–Kier alpha value is -1.33. The number of pyridine rings is 1. The smallest absolute Gasteiger partial charge is 0.166 e. The van der Waals surface area contributed by atoms with E-state index < -0.39 is 5.82 Å². The Kier molecular flexibility index (Phi) is 4.61. The molecule has 1 aromatic carbocycles. The van der Waals surface area contributed by atoms with Crippen LogP contribution in [0.4, 0.5) is 10.2 Å². The highest BCUT2D eigenvalue weighted by atomic mass is 79.9. The Morgan fingerprint density at radius 3 is 3.00 bits per heavy atom. The summed E-state index contributed by atoms with van der Waals surface area (Å²) in [5.41, 5.74) is 6.38. The van der Waals surface area contributed by atoms with Gasteiger partial charge in [0, 0.05) is 17.1 Å². The van der Waals surface area contributed by atoms with Crippen molar-refractivity contribution in [1.82, 2.24) is 4.98 Å². The summed E-state index contributed by atoms with van der Waals surface area (Å²) in [7, 11) is 0. The van der Waals surface area contributed by atoms with Crippen LogP contribution in [0.1, 0.15) is 5.56 Å². The van der Waals surface area contributed by atoms with Crippen LogP contribution in [0.3, 0.4) is 0 Å². The number of nitrogen functional groups attached to an aromatic ring is 1. The molecule has 0 saturated carbocycles. The molecule has 0 atom stereocenters. The van der Waals surface area contributed by atoms with Gasteiger partial charge in [0.1, 0.15) is 5.82 Å². The molecular formula is C13H11BrClFN2O. The maximum absolute atomic E-state index is 13.2. The first-order valence-corrected chi connectivity index (χ1v) is 6.71. The van der Waals surface area contributed by atoms with Crippen LogP contribution in [0.25, 0.3) is 0 Å². The van der Waals surface area contributed by atoms with Crippen LogP contribution < -0.4 is 10.5 Å². The number of nitrogens with zero attached hydrogens (tertiary/aromatic N) is 1. The highest BCUT2D eigenvalue weighted by Crippen LogP contribution is 2.24. The van der Waals surface area contributed by atoms with Gasteiger partial charge in [0.25, 0.3) is 0 Å². The summed E-state index contributed by atoms with van der Waals surface area (Å²) in [6.07, 6.45) is 2.08. The monoisotopic (exact) mass is 344 g/mol. The topological polar surface area (TPSA) is 48.1 Å². The number of rotatable bonds is 4. The zero-order valence-electron chi connectivity index (χ0n) is 9.87. The maximum atomic E-state index is 13.2. The largest absolute Gasteiger partial charge is 0.489 e. The van der Waals surface area contributed by atoms with Crippen LogP contribution in [-0.2, 0) is 6.42 Å². The number of hydrogen-bond acceptors (Lipinski definition) is 3. The molecule has 2 rings (SSSR count). The molecule has 3 nitrogen and oxygen atoms in total. The van der Waals surface area contributed by atoms with Gasteiger partial charge in [-0.15, -0.1) is 0 Å². The van der Waals surface area contributed by atoms with Gasteiger partial charge >= 0.3 is 0 Å². The highest BCUT2D eigenvalue weighted by molar-refractivity contribution is 9.10. The van der Waals surface area contributed by atoms with Crippen LogP contribution in [0, 0.1) is 5.82 Å². The number of hydrogen-bond donors (Lipinski definition) is 1. The van der Waals surface area contributed by atoms with Gasteiger partial charge in [0.15, 0.2) is 11.6 Å². The van der Waals surface area contributed by atoms with E-state index in [1.54, 1.807) is 24.4 Å². The van der Waals surface area contributed by atoms with Gasteiger partial charge in [-0.25, -0.2) is 9.37 Å². The zero-order chi connectivity index (χ0) is 13.8. The molecular weight excluding hydrogens is 335 g/mol. The second kappa shape index (κ2) is 6.21. The number of anilines is 1. The quantitative estimate of drug-likeness (QED) is 0.916. The number of halogens is 3. The van der Waals surface area contributed by atoms with E-state index in [-0.39, 0.29) is 5.02 Å². The molecule has 0 aliphatic heterocycles. The van der Waals surface area contributed by atoms with Crippen LogP contribution >= 0.6 is 27.5 Å². The van der Waals surface area contributed by atoms with E-state index in [2.05, 4.69) is 20.9 Å². The van der Waals surface area contributed by atoms with E-state index in [9.17, 15) is 4.39 Å². The first-order valence-electron chi connectivity index (χ1n) is 5.54. The molecule has 0 saturated heterocycles. The molecule has 0 aliphatic rings. The molecule has 1 heterocycles. The van der Waals surface area contributed by atoms with E-state index in [1.807, 2.05) is 0 Å². The maximum Gasteiger partial charge on any atom is 0.166 e. The Balaban J connectivity index is 2.00. The highest BCUT2D eigenvalue weighted by Gasteiger charge is 2.07. The first-order chi connectivity index (χ1) is 9.08. The summed E-state index contributed by atoms with van der Waals surface area (Å²) < 4.78 is 19.5. The Bertz CT molecular complexity index is 593. The first kappa shape index (κ1) is 14.1. The lowest BCUT2D eigenvalue weighted by molar-refractivity contribution is 0.322. The fraction of sp³-hybridized carbons (Fsp3) is 0.154. The third-order valence-corrected chi connectivity index (χ3v) is 3.37. The van der Waals surface area contributed by atoms with Gasteiger partial charge in [0.05, 0.1) is 11.6 Å². The van der Waals surface area contributed by atoms with Crippen molar-refractivity contribution in [3.8, 4) is 5.75 Å². The minimum absolute atomic E-state index is 0.131. The molecule has 0 radical (unpaired) electrons. The van der Waals surface area contributed by atoms with Crippen LogP contribution in [0.2, 0.25) is 5.02 Å². The number of benzene rings is 1. The fourth-order valence-electron chi connectivity index (χ4n) is 1.56. The molecule has 0 spiro atoms. The molecule has 2 aromatic rings. The predicted octanol–water partition coefficient (Wildman–Crippen LogP) is 3.84. The lowest BCUT2D eigenvalue weighted by Crippen LogP contribution is -2.05. The SMILES string of the molecule is Nc1ncc(Br)cc1OCCc1cccc(F)c1Cl. The molecule has 0 aliphatic carbocycles. The van der Waals surface area contributed by atoms with E-state index in [0.29, 0.717) is 30.2 Å². The minimum atomic E-state index is -0.428. The van der Waals surface area contributed by atoms with Gasteiger partial charge in [-0.2, -0.15) is 0 Å². The Morgan fingerprint density at radius 1 is 1.42 bits per heavy atom. The molecule has 2 N–H and O–H groups in total. The zero-order valence-corrected chi connectivity index (χ0v) is 12.2. The minimum Gasteiger partial charge on any atom is -0.489 e. The van der Waals surface area contributed by atoms with Gasteiger partial charge in [0.2, 0.25) is 0 Å². The third-order valence-electron chi connectivity index (χ3n) is 2.51. The Labute approximate surface area is 123 Å². The van der Waals surface area contributed by atoms with E-state index in [4.69, 9.17) is 22.1 Å². The van der Waals surface area contributed by atoms with Gasteiger partial charge in [-0.3, -0.25) is 0 Å². The summed E-state index contributed by atoms with van der Waals surface area (Å²) in [6, 6.07) is 6.43. The van der Waals surface area contributed by atoms with Crippen molar-refractivity contribution in [2.45, 2.75) is 6.42 Å². The number of nitrogens with two attached hydrogens (primary N) is 1. The van der Waals surface area contributed by atoms with E-state index in [1.165, 1.54) is 6.07 Å². The summed E-state index contributed by atoms with van der Waals surface area (Å²) in [5, 5.41) is 0.131. The molecule has 19 heavy (non-hydrogen) atoms. The number of ether oxygens (including phenoxy) is 1. The van der Waals surface area contributed by atoms with Gasteiger partial charge < -0.3 is 10.5 Å². The van der Waals surface area contributed by atoms with Crippen molar-refractivity contribution in [3.05, 3.63) is 51.3 Å². The van der Waals surface area contributed by atoms with Crippen LogP contribution in [0.5, 0.6) is 5.75 Å². The number of aromatic nitrogens is 1. The van der Waals surface area contributed by atoms with E-state index in [0.717, 1.165) is 4.47 Å². The molecule has 1 aromatic heterocycles. The molecule has 100 valence electrons. The van der Waals surface area contributed by atoms with Crippen molar-refractivity contribution in [2.75, 3.05) is 12.3 Å². The van der Waals surface area contributed by atoms with Crippen molar-refractivity contribution in [3.63, 3.8) is 0 Å². The average Bonchev–Trinajstić information content (AvgIpc) is 2.38. The summed E-state index contributed by atoms with van der Waals surface area (Å²) >= 11 is 9.14. The second-order valence-corrected chi connectivity index (χ2v) is 5.14. The molecule has 6 heteroatoms. The van der Waals surface area contributed by atoms with E-state index >= 15 is 0 Å². The molecule has 0 unspecified atom stereocenters. The molecule has 0 bridgehead atoms. The van der Waals surface area contributed by atoms with Crippen molar-refractivity contribution < 1.29 is 9.13 Å². The summed E-state index contributed by atoms with van der Waals surface area (Å²) in [4.78, 5) is 3.96. The van der Waals surface area contributed by atoms with Gasteiger partial charge in [-0.05, 0) is 33.6 Å². The Morgan fingerprint density at radius 2 is 2.21 bits per heavy atom. The normalized spacial score (nSPS) is 10.5. The fourth-order valence-corrected chi connectivity index (χ4v) is 2.09. The average molecular weight is 346 g/mol. The molecule has 0 fully saturated rings. The lowest BCUT2D eigenvalue weighted by Gasteiger charge is -2.09. The third kappa shape index (κ3) is 3.58.